The lowest BCUT2D eigenvalue weighted by atomic mass is 9.72. The van der Waals surface area contributed by atoms with Crippen molar-refractivity contribution in [3.63, 3.8) is 0 Å². The molecule has 1 aromatic rings. The monoisotopic (exact) mass is 607 g/mol. The van der Waals surface area contributed by atoms with E-state index in [0.29, 0.717) is 38.6 Å². The Morgan fingerprint density at radius 2 is 1.86 bits per heavy atom. The summed E-state index contributed by atoms with van der Waals surface area (Å²) in [6.45, 7) is 13.0. The van der Waals surface area contributed by atoms with Crippen molar-refractivity contribution in [1.29, 1.82) is 0 Å². The first-order chi connectivity index (χ1) is 20.2. The molecule has 5 rings (SSSR count). The van der Waals surface area contributed by atoms with Gasteiger partial charge in [0.2, 0.25) is 5.91 Å². The number of nitrogens with zero attached hydrogens (tertiary/aromatic N) is 3. The molecule has 240 valence electrons. The molecule has 0 bridgehead atoms. The SMILES string of the molecule is CC(C)[C@H]1CO[C@]23CC[C@H](N(Cc4ccc(C(F)(F)F)cc4)CC4CCCN(C(=O)OC(C)(C)C)C4)C[C@H]2CCC(=O)N13. The van der Waals surface area contributed by atoms with Gasteiger partial charge in [-0.1, -0.05) is 26.0 Å². The van der Waals surface area contributed by atoms with Crippen molar-refractivity contribution >= 4 is 12.0 Å². The highest BCUT2D eigenvalue weighted by atomic mass is 19.4. The molecule has 0 N–H and O–H groups in total. The van der Waals surface area contributed by atoms with E-state index in [1.54, 1.807) is 17.0 Å². The minimum atomic E-state index is -4.37. The molecule has 1 spiro atoms. The summed E-state index contributed by atoms with van der Waals surface area (Å²) in [7, 11) is 0. The predicted octanol–water partition coefficient (Wildman–Crippen LogP) is 6.70. The van der Waals surface area contributed by atoms with E-state index in [4.69, 9.17) is 9.47 Å². The Morgan fingerprint density at radius 3 is 2.51 bits per heavy atom. The van der Waals surface area contributed by atoms with Crippen LogP contribution in [0.4, 0.5) is 18.0 Å². The average molecular weight is 608 g/mol. The van der Waals surface area contributed by atoms with Crippen LogP contribution in [0.15, 0.2) is 24.3 Å². The Labute approximate surface area is 254 Å². The summed E-state index contributed by atoms with van der Waals surface area (Å²) in [6.07, 6.45) is 0.986. The highest BCUT2D eigenvalue weighted by Gasteiger charge is 2.59. The molecule has 10 heteroatoms. The molecule has 1 aromatic carbocycles. The van der Waals surface area contributed by atoms with Gasteiger partial charge in [-0.15, -0.1) is 0 Å². The normalized spacial score (nSPS) is 30.0. The molecule has 3 saturated heterocycles. The molecule has 3 aliphatic heterocycles. The van der Waals surface area contributed by atoms with Gasteiger partial charge in [-0.2, -0.15) is 13.2 Å². The second kappa shape index (κ2) is 12.2. The Morgan fingerprint density at radius 1 is 1.14 bits per heavy atom. The number of hydrogen-bond acceptors (Lipinski definition) is 5. The molecule has 7 nitrogen and oxygen atoms in total. The average Bonchev–Trinajstić information content (AvgIpc) is 3.33. The van der Waals surface area contributed by atoms with Gasteiger partial charge in [-0.25, -0.2) is 4.79 Å². The summed E-state index contributed by atoms with van der Waals surface area (Å²) in [4.78, 5) is 32.3. The molecule has 0 aromatic heterocycles. The van der Waals surface area contributed by atoms with Crippen molar-refractivity contribution in [2.24, 2.45) is 17.8 Å². The number of alkyl halides is 3. The third-order valence-corrected chi connectivity index (χ3v) is 9.87. The fourth-order valence-corrected chi connectivity index (χ4v) is 7.76. The van der Waals surface area contributed by atoms with E-state index in [1.807, 2.05) is 20.8 Å². The number of hydrogen-bond donors (Lipinski definition) is 0. The zero-order valence-corrected chi connectivity index (χ0v) is 26.3. The number of ether oxygens (including phenoxy) is 2. The third kappa shape index (κ3) is 7.00. The van der Waals surface area contributed by atoms with E-state index in [-0.39, 0.29) is 35.9 Å². The van der Waals surface area contributed by atoms with Gasteiger partial charge < -0.3 is 19.3 Å². The topological polar surface area (TPSA) is 62.3 Å². The maximum Gasteiger partial charge on any atom is 0.416 e. The van der Waals surface area contributed by atoms with E-state index >= 15 is 0 Å². The van der Waals surface area contributed by atoms with Crippen LogP contribution in [0.25, 0.3) is 0 Å². The highest BCUT2D eigenvalue weighted by molar-refractivity contribution is 5.78. The van der Waals surface area contributed by atoms with Crippen molar-refractivity contribution in [2.75, 3.05) is 26.2 Å². The standard InChI is InChI=1S/C33H48F3N3O4/c1-22(2)28-21-42-32-15-14-27(17-26(32)12-13-29(40)39(28)32)38(18-23-8-10-25(11-9-23)33(34,35)36)20-24-7-6-16-37(19-24)30(41)43-31(3,4)5/h8-11,22,24,26-28H,6-7,12-21H2,1-5H3/t24?,26-,27+,28-,32-/m1/s1. The Kier molecular flexibility index (Phi) is 9.12. The fraction of sp³-hybridized carbons (Fsp3) is 0.758. The van der Waals surface area contributed by atoms with E-state index in [1.165, 1.54) is 0 Å². The van der Waals surface area contributed by atoms with Crippen LogP contribution in [0.2, 0.25) is 0 Å². The lowest BCUT2D eigenvalue weighted by molar-refractivity contribution is -0.192. The summed E-state index contributed by atoms with van der Waals surface area (Å²) in [5.41, 5.74) is -0.916. The second-order valence-corrected chi connectivity index (χ2v) is 14.5. The third-order valence-electron chi connectivity index (χ3n) is 9.87. The number of benzene rings is 1. The number of carbonyl (C=O) groups excluding carboxylic acids is 2. The van der Waals surface area contributed by atoms with E-state index in [9.17, 15) is 22.8 Å². The van der Waals surface area contributed by atoms with Gasteiger partial charge in [0.1, 0.15) is 11.3 Å². The molecule has 4 aliphatic rings. The van der Waals surface area contributed by atoms with Crippen molar-refractivity contribution in [3.05, 3.63) is 35.4 Å². The highest BCUT2D eigenvalue weighted by Crippen LogP contribution is 2.51. The second-order valence-electron chi connectivity index (χ2n) is 14.5. The first-order valence-electron chi connectivity index (χ1n) is 16.0. The summed E-state index contributed by atoms with van der Waals surface area (Å²) < 4.78 is 52.0. The van der Waals surface area contributed by atoms with E-state index in [2.05, 4.69) is 23.6 Å². The number of halogens is 3. The van der Waals surface area contributed by atoms with Crippen molar-refractivity contribution in [3.8, 4) is 0 Å². The maximum atomic E-state index is 13.3. The van der Waals surface area contributed by atoms with Crippen LogP contribution in [-0.4, -0.2) is 76.4 Å². The molecule has 1 unspecified atom stereocenters. The number of carbonyl (C=O) groups is 2. The van der Waals surface area contributed by atoms with Gasteiger partial charge in [0.05, 0.1) is 18.2 Å². The molecular formula is C33H48F3N3O4. The van der Waals surface area contributed by atoms with Gasteiger partial charge >= 0.3 is 12.3 Å². The summed E-state index contributed by atoms with van der Waals surface area (Å²) >= 11 is 0. The van der Waals surface area contributed by atoms with Crippen LogP contribution < -0.4 is 0 Å². The molecule has 4 fully saturated rings. The van der Waals surface area contributed by atoms with Crippen LogP contribution in [0, 0.1) is 17.8 Å². The number of piperidine rings is 2. The smallest absolute Gasteiger partial charge is 0.416 e. The van der Waals surface area contributed by atoms with Crippen LogP contribution in [-0.2, 0) is 27.0 Å². The van der Waals surface area contributed by atoms with Gasteiger partial charge in [0, 0.05) is 44.6 Å². The Bertz CT molecular complexity index is 1150. The largest absolute Gasteiger partial charge is 0.444 e. The van der Waals surface area contributed by atoms with Gasteiger partial charge in [-0.3, -0.25) is 9.69 Å². The van der Waals surface area contributed by atoms with Crippen LogP contribution in [0.1, 0.15) is 90.7 Å². The fourth-order valence-electron chi connectivity index (χ4n) is 7.76. The van der Waals surface area contributed by atoms with Gasteiger partial charge in [0.15, 0.2) is 0 Å². The summed E-state index contributed by atoms with van der Waals surface area (Å²) in [6, 6.07) is 5.79. The van der Waals surface area contributed by atoms with Crippen molar-refractivity contribution in [1.82, 2.24) is 14.7 Å². The minimum absolute atomic E-state index is 0.0937. The summed E-state index contributed by atoms with van der Waals surface area (Å²) in [5, 5.41) is 0. The van der Waals surface area contributed by atoms with E-state index < -0.39 is 23.1 Å². The molecular weight excluding hydrogens is 559 g/mol. The quantitative estimate of drug-likeness (QED) is 0.360. The van der Waals surface area contributed by atoms with E-state index in [0.717, 1.165) is 62.8 Å². The van der Waals surface area contributed by atoms with Gasteiger partial charge in [-0.05, 0) is 88.8 Å². The predicted molar refractivity (Wildman–Crippen MR) is 157 cm³/mol. The first-order valence-corrected chi connectivity index (χ1v) is 16.0. The zero-order chi connectivity index (χ0) is 31.2. The molecule has 1 saturated carbocycles. The van der Waals surface area contributed by atoms with Gasteiger partial charge in [0.25, 0.3) is 0 Å². The number of likely N-dealkylation sites (tertiary alicyclic amines) is 1. The minimum Gasteiger partial charge on any atom is -0.444 e. The lowest BCUT2D eigenvalue weighted by Crippen LogP contribution is -2.63. The lowest BCUT2D eigenvalue weighted by Gasteiger charge is -2.54. The molecule has 5 atom stereocenters. The Balaban J connectivity index is 1.34. The maximum absolute atomic E-state index is 13.3. The first kappa shape index (κ1) is 32.1. The molecule has 2 amide bonds. The molecule has 3 heterocycles. The van der Waals surface area contributed by atoms with Crippen LogP contribution in [0.5, 0.6) is 0 Å². The zero-order valence-electron chi connectivity index (χ0n) is 26.3. The van der Waals surface area contributed by atoms with Crippen molar-refractivity contribution in [2.45, 2.75) is 116 Å². The summed E-state index contributed by atoms with van der Waals surface area (Å²) in [5.74, 6) is 0.948. The number of amides is 2. The molecule has 0 radical (unpaired) electrons. The van der Waals surface area contributed by atoms with Crippen LogP contribution >= 0.6 is 0 Å². The Hall–Kier alpha value is -2.33. The van der Waals surface area contributed by atoms with Crippen molar-refractivity contribution < 1.29 is 32.2 Å². The molecule has 43 heavy (non-hydrogen) atoms. The molecule has 1 aliphatic carbocycles. The number of rotatable bonds is 6. The van der Waals surface area contributed by atoms with Crippen LogP contribution in [0.3, 0.4) is 0 Å².